The third kappa shape index (κ3) is 2.71. The Labute approximate surface area is 105 Å². The fourth-order valence-electron chi connectivity index (χ4n) is 1.04. The van der Waals surface area contributed by atoms with Crippen LogP contribution in [-0.4, -0.2) is 29.9 Å². The van der Waals surface area contributed by atoms with E-state index in [1.807, 2.05) is 0 Å². The van der Waals surface area contributed by atoms with Crippen molar-refractivity contribution in [2.45, 2.75) is 43.7 Å². The summed E-state index contributed by atoms with van der Waals surface area (Å²) in [7, 11) is 0. The molecule has 20 heavy (non-hydrogen) atoms. The van der Waals surface area contributed by atoms with Gasteiger partial charge in [-0.15, -0.1) is 0 Å². The van der Waals surface area contributed by atoms with Crippen LogP contribution in [0.2, 0.25) is 0 Å². The van der Waals surface area contributed by atoms with Gasteiger partial charge in [0.25, 0.3) is 0 Å². The van der Waals surface area contributed by atoms with E-state index in [4.69, 9.17) is 0 Å². The zero-order valence-electron chi connectivity index (χ0n) is 9.73. The van der Waals surface area contributed by atoms with E-state index in [1.54, 1.807) is 0 Å². The van der Waals surface area contributed by atoms with Crippen molar-refractivity contribution in [3.63, 3.8) is 0 Å². The van der Waals surface area contributed by atoms with E-state index in [0.29, 0.717) is 0 Å². The van der Waals surface area contributed by atoms with Crippen LogP contribution >= 0.6 is 0 Å². The summed E-state index contributed by atoms with van der Waals surface area (Å²) < 4.78 is 137. The number of hydrogen-bond donors (Lipinski definition) is 0. The molecule has 0 spiro atoms. The molecule has 0 heterocycles. The first-order valence-electron chi connectivity index (χ1n) is 4.66. The molecule has 0 saturated heterocycles. The highest BCUT2D eigenvalue weighted by molar-refractivity contribution is 5.15. The third-order valence-corrected chi connectivity index (χ3v) is 2.03. The standard InChI is InChI=1S/C9H7F11/c1-4(2)3-5(10,11)6(12,13)7(14,15)8(16,17)9(18,19)20/h3H,1-2H3. The lowest BCUT2D eigenvalue weighted by atomic mass is 9.97. The Morgan fingerprint density at radius 2 is 0.950 bits per heavy atom. The highest BCUT2D eigenvalue weighted by atomic mass is 19.4. The molecule has 11 heteroatoms. The van der Waals surface area contributed by atoms with Crippen molar-refractivity contribution < 1.29 is 48.3 Å². The Bertz CT molecular complexity index is 383. The summed E-state index contributed by atoms with van der Waals surface area (Å²) in [4.78, 5) is 0. The van der Waals surface area contributed by atoms with Crippen LogP contribution in [0.4, 0.5) is 48.3 Å². The number of rotatable bonds is 4. The van der Waals surface area contributed by atoms with Crippen molar-refractivity contribution >= 4 is 0 Å². The lowest BCUT2D eigenvalue weighted by Gasteiger charge is -2.36. The minimum atomic E-state index is -7.34. The summed E-state index contributed by atoms with van der Waals surface area (Å²) in [5.74, 6) is -27.5. The lowest BCUT2D eigenvalue weighted by Crippen LogP contribution is -2.66. The topological polar surface area (TPSA) is 0 Å². The van der Waals surface area contributed by atoms with Crippen LogP contribution in [0.3, 0.4) is 0 Å². The third-order valence-electron chi connectivity index (χ3n) is 2.03. The van der Waals surface area contributed by atoms with E-state index >= 15 is 0 Å². The zero-order chi connectivity index (χ0) is 16.8. The second-order valence-electron chi connectivity index (χ2n) is 4.07. The molecular weight excluding hydrogens is 317 g/mol. The van der Waals surface area contributed by atoms with E-state index in [9.17, 15) is 48.3 Å². The van der Waals surface area contributed by atoms with Gasteiger partial charge in [-0.2, -0.15) is 48.3 Å². The number of hydrogen-bond acceptors (Lipinski definition) is 0. The van der Waals surface area contributed by atoms with Crippen LogP contribution in [0.1, 0.15) is 13.8 Å². The van der Waals surface area contributed by atoms with Gasteiger partial charge in [-0.3, -0.25) is 0 Å². The molecule has 0 amide bonds. The molecule has 120 valence electrons. The molecule has 0 aromatic heterocycles. The maximum Gasteiger partial charge on any atom is 0.460 e. The molecule has 0 saturated carbocycles. The summed E-state index contributed by atoms with van der Waals surface area (Å²) in [6.07, 6.45) is -7.94. The minimum absolute atomic E-state index is 0.680. The van der Waals surface area contributed by atoms with E-state index in [1.165, 1.54) is 0 Å². The second-order valence-corrected chi connectivity index (χ2v) is 4.07. The van der Waals surface area contributed by atoms with Crippen LogP contribution in [-0.2, 0) is 0 Å². The predicted molar refractivity (Wildman–Crippen MR) is 45.3 cm³/mol. The molecule has 0 unspecified atom stereocenters. The number of alkyl halides is 11. The summed E-state index contributed by atoms with van der Waals surface area (Å²) in [6.45, 7) is 1.48. The first-order valence-corrected chi connectivity index (χ1v) is 4.66. The maximum atomic E-state index is 12.9. The van der Waals surface area contributed by atoms with Gasteiger partial charge in [0, 0.05) is 0 Å². The fourth-order valence-corrected chi connectivity index (χ4v) is 1.04. The van der Waals surface area contributed by atoms with Crippen LogP contribution in [0.5, 0.6) is 0 Å². The van der Waals surface area contributed by atoms with Gasteiger partial charge in [0.05, 0.1) is 0 Å². The molecule has 0 nitrogen and oxygen atoms in total. The second kappa shape index (κ2) is 4.76. The minimum Gasteiger partial charge on any atom is -0.195 e. The van der Waals surface area contributed by atoms with Gasteiger partial charge in [-0.05, 0) is 19.9 Å². The Kier molecular flexibility index (Phi) is 4.52. The molecule has 0 bridgehead atoms. The SMILES string of the molecule is CC(C)=CC(F)(F)C(F)(F)C(F)(F)C(F)(F)C(F)(F)F. The molecule has 0 atom stereocenters. The van der Waals surface area contributed by atoms with Crippen LogP contribution in [0, 0.1) is 0 Å². The average molecular weight is 324 g/mol. The molecule has 0 aliphatic rings. The molecule has 0 aliphatic heterocycles. The monoisotopic (exact) mass is 324 g/mol. The van der Waals surface area contributed by atoms with Gasteiger partial charge in [-0.1, -0.05) is 5.57 Å². The molecular formula is C9H7F11. The van der Waals surface area contributed by atoms with Crippen LogP contribution in [0.15, 0.2) is 11.6 Å². The normalized spacial score (nSPS) is 15.2. The fraction of sp³-hybridized carbons (Fsp3) is 0.778. The average Bonchev–Trinajstić information content (AvgIpc) is 2.12. The number of halogens is 11. The molecule has 0 rings (SSSR count). The number of allylic oxidation sites excluding steroid dienone is 2. The summed E-state index contributed by atoms with van der Waals surface area (Å²) in [5.41, 5.74) is -0.680. The molecule has 0 aromatic carbocycles. The van der Waals surface area contributed by atoms with E-state index < -0.39 is 41.5 Å². The molecule has 0 radical (unpaired) electrons. The van der Waals surface area contributed by atoms with Gasteiger partial charge in [0.15, 0.2) is 0 Å². The summed E-state index contributed by atoms with van der Waals surface area (Å²) in [6, 6.07) is 0. The van der Waals surface area contributed by atoms with Gasteiger partial charge in [0.1, 0.15) is 0 Å². The van der Waals surface area contributed by atoms with Crippen LogP contribution < -0.4 is 0 Å². The first kappa shape index (κ1) is 19.0. The zero-order valence-corrected chi connectivity index (χ0v) is 9.73. The van der Waals surface area contributed by atoms with Crippen molar-refractivity contribution in [1.82, 2.24) is 0 Å². The maximum absolute atomic E-state index is 12.9. The highest BCUT2D eigenvalue weighted by Crippen LogP contribution is 2.57. The highest BCUT2D eigenvalue weighted by Gasteiger charge is 2.86. The summed E-state index contributed by atoms with van der Waals surface area (Å²) >= 11 is 0. The first-order chi connectivity index (χ1) is 8.42. The predicted octanol–water partition coefficient (Wildman–Crippen LogP) is 5.06. The molecule has 0 aromatic rings. The van der Waals surface area contributed by atoms with E-state index in [-0.39, 0.29) is 0 Å². The van der Waals surface area contributed by atoms with Crippen molar-refractivity contribution in [1.29, 1.82) is 0 Å². The van der Waals surface area contributed by atoms with Gasteiger partial charge in [0.2, 0.25) is 0 Å². The van der Waals surface area contributed by atoms with Crippen LogP contribution in [0.25, 0.3) is 0 Å². The van der Waals surface area contributed by atoms with E-state index in [2.05, 4.69) is 0 Å². The Balaban J connectivity index is 6.00. The van der Waals surface area contributed by atoms with Gasteiger partial charge >= 0.3 is 29.9 Å². The quantitative estimate of drug-likeness (QED) is 0.501. The lowest BCUT2D eigenvalue weighted by molar-refractivity contribution is -0.417. The molecule has 0 N–H and O–H groups in total. The van der Waals surface area contributed by atoms with Crippen molar-refractivity contribution in [3.05, 3.63) is 11.6 Å². The Hall–Kier alpha value is -1.03. The molecule has 0 fully saturated rings. The van der Waals surface area contributed by atoms with Gasteiger partial charge < -0.3 is 0 Å². The van der Waals surface area contributed by atoms with Crippen molar-refractivity contribution in [3.8, 4) is 0 Å². The molecule has 0 aliphatic carbocycles. The Morgan fingerprint density at radius 3 is 1.20 bits per heavy atom. The largest absolute Gasteiger partial charge is 0.460 e. The van der Waals surface area contributed by atoms with E-state index in [0.717, 1.165) is 13.8 Å². The van der Waals surface area contributed by atoms with Crippen molar-refractivity contribution in [2.75, 3.05) is 0 Å². The summed E-state index contributed by atoms with van der Waals surface area (Å²) in [5, 5.41) is 0. The smallest absolute Gasteiger partial charge is 0.195 e. The van der Waals surface area contributed by atoms with Crippen molar-refractivity contribution in [2.24, 2.45) is 0 Å². The van der Waals surface area contributed by atoms with Gasteiger partial charge in [-0.25, -0.2) is 0 Å². The Morgan fingerprint density at radius 1 is 0.600 bits per heavy atom.